The molecule has 0 spiro atoms. The van der Waals surface area contributed by atoms with Crippen LogP contribution < -0.4 is 33.2 Å². The van der Waals surface area contributed by atoms with Crippen molar-refractivity contribution >= 4 is 52.4 Å². The van der Waals surface area contributed by atoms with E-state index in [-0.39, 0.29) is 19.3 Å². The third-order valence-electron chi connectivity index (χ3n) is 6.06. The number of nitrogens with two attached hydrogens (primary N) is 3. The average molecular weight is 576 g/mol. The van der Waals surface area contributed by atoms with Crippen molar-refractivity contribution in [3.63, 3.8) is 0 Å². The summed E-state index contributed by atoms with van der Waals surface area (Å²) in [5, 5.41) is 26.5. The van der Waals surface area contributed by atoms with Gasteiger partial charge in [-0.1, -0.05) is 18.2 Å². The number of hydrogen-bond acceptors (Lipinski definition) is 8. The molecule has 4 unspecified atom stereocenters. The molecule has 12 N–H and O–H groups in total. The van der Waals surface area contributed by atoms with Gasteiger partial charge in [-0.05, 0) is 24.5 Å². The number of rotatable bonds is 17. The SMILES string of the molecule is NC(=O)CCC(NC(=O)C(N)CC(N)=O)C(=O)NC(CCC(=O)O)C(=O)NC(Cc1c[nH]c2ccccc12)C(=O)O. The van der Waals surface area contributed by atoms with Crippen molar-refractivity contribution < 1.29 is 43.8 Å². The van der Waals surface area contributed by atoms with Crippen LogP contribution in [-0.4, -0.2) is 80.8 Å². The zero-order valence-corrected chi connectivity index (χ0v) is 21.9. The van der Waals surface area contributed by atoms with E-state index < -0.39 is 84.9 Å². The van der Waals surface area contributed by atoms with Crippen molar-refractivity contribution in [3.8, 4) is 0 Å². The molecule has 5 amide bonds. The lowest BCUT2D eigenvalue weighted by Gasteiger charge is -2.25. The fourth-order valence-electron chi connectivity index (χ4n) is 3.95. The number of primary amides is 2. The zero-order chi connectivity index (χ0) is 30.7. The maximum absolute atomic E-state index is 13.1. The summed E-state index contributed by atoms with van der Waals surface area (Å²) in [5.41, 5.74) is 17.1. The van der Waals surface area contributed by atoms with Gasteiger partial charge in [-0.25, -0.2) is 4.79 Å². The second kappa shape index (κ2) is 15.0. The number of H-pyrrole nitrogens is 1. The van der Waals surface area contributed by atoms with Gasteiger partial charge in [0.15, 0.2) is 0 Å². The van der Waals surface area contributed by atoms with Crippen molar-refractivity contribution in [2.45, 2.75) is 62.7 Å². The summed E-state index contributed by atoms with van der Waals surface area (Å²) in [7, 11) is 0. The lowest BCUT2D eigenvalue weighted by molar-refractivity contribution is -0.143. The normalized spacial score (nSPS) is 13.8. The molecule has 16 nitrogen and oxygen atoms in total. The van der Waals surface area contributed by atoms with Crippen LogP contribution in [-0.2, 0) is 40.0 Å². The number of benzene rings is 1. The van der Waals surface area contributed by atoms with Crippen LogP contribution in [0.15, 0.2) is 30.5 Å². The molecule has 0 radical (unpaired) electrons. The summed E-state index contributed by atoms with van der Waals surface area (Å²) in [6.45, 7) is 0. The molecule has 1 aromatic carbocycles. The van der Waals surface area contributed by atoms with E-state index in [0.717, 1.165) is 10.9 Å². The Morgan fingerprint density at radius 2 is 1.34 bits per heavy atom. The van der Waals surface area contributed by atoms with E-state index in [1.54, 1.807) is 30.5 Å². The number of fused-ring (bicyclic) bond motifs is 1. The maximum atomic E-state index is 13.1. The molecule has 0 bridgehead atoms. The molecule has 0 aliphatic heterocycles. The Balaban J connectivity index is 2.22. The summed E-state index contributed by atoms with van der Waals surface area (Å²) in [4.78, 5) is 87.1. The van der Waals surface area contributed by atoms with Crippen molar-refractivity contribution in [1.82, 2.24) is 20.9 Å². The summed E-state index contributed by atoms with van der Waals surface area (Å²) >= 11 is 0. The first kappa shape index (κ1) is 32.2. The highest BCUT2D eigenvalue weighted by Crippen LogP contribution is 2.19. The third kappa shape index (κ3) is 10.2. The first-order valence-corrected chi connectivity index (χ1v) is 12.5. The zero-order valence-electron chi connectivity index (χ0n) is 21.9. The Labute approximate surface area is 233 Å². The van der Waals surface area contributed by atoms with Gasteiger partial charge in [-0.15, -0.1) is 0 Å². The van der Waals surface area contributed by atoms with Crippen LogP contribution in [0.1, 0.15) is 37.7 Å². The predicted molar refractivity (Wildman–Crippen MR) is 143 cm³/mol. The number of aromatic nitrogens is 1. The van der Waals surface area contributed by atoms with Gasteiger partial charge in [0.1, 0.15) is 18.1 Å². The number of hydrogen-bond donors (Lipinski definition) is 9. The monoisotopic (exact) mass is 575 g/mol. The number of aliphatic carboxylic acids is 2. The van der Waals surface area contributed by atoms with Crippen LogP contribution >= 0.6 is 0 Å². The molecule has 1 aromatic heterocycles. The smallest absolute Gasteiger partial charge is 0.326 e. The van der Waals surface area contributed by atoms with Gasteiger partial charge in [-0.2, -0.15) is 0 Å². The van der Waals surface area contributed by atoms with Gasteiger partial charge in [-0.3, -0.25) is 28.8 Å². The molecule has 4 atom stereocenters. The highest BCUT2D eigenvalue weighted by molar-refractivity contribution is 5.95. The Morgan fingerprint density at radius 3 is 1.90 bits per heavy atom. The van der Waals surface area contributed by atoms with Crippen LogP contribution in [0.3, 0.4) is 0 Å². The molecule has 0 aliphatic rings. The lowest BCUT2D eigenvalue weighted by Crippen LogP contribution is -2.57. The number of aromatic amines is 1. The Bertz CT molecular complexity index is 1310. The standard InChI is InChI=1S/C25H33N7O9/c26-14(10-20(28)34)22(37)30-16(5-7-19(27)33)23(38)31-17(6-8-21(35)36)24(39)32-18(25(40)41)9-12-11-29-15-4-2-1-3-13(12)15/h1-4,11,14,16-18,29H,5-10,26H2,(H2,27,33)(H2,28,34)(H,30,37)(H,31,38)(H,32,39)(H,35,36)(H,40,41). The van der Waals surface area contributed by atoms with E-state index in [1.807, 2.05) is 0 Å². The van der Waals surface area contributed by atoms with Gasteiger partial charge >= 0.3 is 11.9 Å². The number of para-hydroxylation sites is 1. The minimum atomic E-state index is -1.53. The number of carboxylic acids is 2. The summed E-state index contributed by atoms with van der Waals surface area (Å²) in [6, 6.07) is 1.27. The van der Waals surface area contributed by atoms with Gasteiger partial charge in [0.05, 0.1) is 12.5 Å². The number of nitrogens with one attached hydrogen (secondary N) is 4. The summed E-state index contributed by atoms with van der Waals surface area (Å²) in [6.07, 6.45) is -0.731. The number of amides is 5. The minimum Gasteiger partial charge on any atom is -0.481 e. The minimum absolute atomic E-state index is 0.125. The van der Waals surface area contributed by atoms with Gasteiger partial charge in [0, 0.05) is 36.4 Å². The van der Waals surface area contributed by atoms with E-state index in [1.165, 1.54) is 0 Å². The van der Waals surface area contributed by atoms with Crippen LogP contribution in [0.25, 0.3) is 10.9 Å². The van der Waals surface area contributed by atoms with E-state index in [2.05, 4.69) is 20.9 Å². The highest BCUT2D eigenvalue weighted by Gasteiger charge is 2.31. The molecule has 2 rings (SSSR count). The predicted octanol–water partition coefficient (Wildman–Crippen LogP) is -2.42. The van der Waals surface area contributed by atoms with Crippen LogP contribution in [0.5, 0.6) is 0 Å². The quantitative estimate of drug-likeness (QED) is 0.0961. The molecular formula is C25H33N7O9. The van der Waals surface area contributed by atoms with Gasteiger partial charge in [0.25, 0.3) is 0 Å². The molecular weight excluding hydrogens is 542 g/mol. The van der Waals surface area contributed by atoms with Gasteiger partial charge < -0.3 is 48.3 Å². The van der Waals surface area contributed by atoms with Crippen molar-refractivity contribution in [3.05, 3.63) is 36.0 Å². The number of carbonyl (C=O) groups is 7. The number of carboxylic acid groups (broad SMARTS) is 2. The van der Waals surface area contributed by atoms with E-state index in [4.69, 9.17) is 22.3 Å². The topological polar surface area (TPSA) is 290 Å². The Hall–Kier alpha value is -4.99. The Morgan fingerprint density at radius 1 is 0.780 bits per heavy atom. The van der Waals surface area contributed by atoms with Crippen molar-refractivity contribution in [2.75, 3.05) is 0 Å². The molecule has 0 saturated carbocycles. The van der Waals surface area contributed by atoms with Crippen LogP contribution in [0, 0.1) is 0 Å². The molecule has 0 aliphatic carbocycles. The molecule has 41 heavy (non-hydrogen) atoms. The average Bonchev–Trinajstić information content (AvgIpc) is 3.30. The second-order valence-corrected chi connectivity index (χ2v) is 9.30. The van der Waals surface area contributed by atoms with E-state index >= 15 is 0 Å². The molecule has 1 heterocycles. The summed E-state index contributed by atoms with van der Waals surface area (Å²) < 4.78 is 0. The van der Waals surface area contributed by atoms with Crippen LogP contribution in [0.2, 0.25) is 0 Å². The molecule has 0 saturated heterocycles. The van der Waals surface area contributed by atoms with E-state index in [9.17, 15) is 38.7 Å². The van der Waals surface area contributed by atoms with Crippen molar-refractivity contribution in [2.24, 2.45) is 17.2 Å². The first-order chi connectivity index (χ1) is 19.3. The highest BCUT2D eigenvalue weighted by atomic mass is 16.4. The second-order valence-electron chi connectivity index (χ2n) is 9.30. The lowest BCUT2D eigenvalue weighted by atomic mass is 10.0. The maximum Gasteiger partial charge on any atom is 0.326 e. The molecule has 2 aromatic rings. The Kier molecular flexibility index (Phi) is 11.8. The fraction of sp³-hybridized carbons (Fsp3) is 0.400. The summed E-state index contributed by atoms with van der Waals surface area (Å²) in [5.74, 6) is -7.29. The largest absolute Gasteiger partial charge is 0.481 e. The first-order valence-electron chi connectivity index (χ1n) is 12.5. The van der Waals surface area contributed by atoms with Crippen LogP contribution in [0.4, 0.5) is 0 Å². The van der Waals surface area contributed by atoms with Crippen molar-refractivity contribution in [1.29, 1.82) is 0 Å². The third-order valence-corrected chi connectivity index (χ3v) is 6.06. The van der Waals surface area contributed by atoms with E-state index in [0.29, 0.717) is 5.56 Å². The molecule has 0 fully saturated rings. The number of carbonyl (C=O) groups excluding carboxylic acids is 5. The molecule has 16 heteroatoms. The fourth-order valence-corrected chi connectivity index (χ4v) is 3.95. The molecule has 222 valence electrons. The van der Waals surface area contributed by atoms with Gasteiger partial charge in [0.2, 0.25) is 29.5 Å².